The van der Waals surface area contributed by atoms with Crippen LogP contribution in [-0.4, -0.2) is 6.61 Å². The zero-order chi connectivity index (χ0) is 6.41. The van der Waals surface area contributed by atoms with Crippen LogP contribution in [0.4, 0.5) is 0 Å². The standard InChI is InChI=1S/C4H9O3P.Na/c1-2-3-4-7-8(5)6;/h2-4H2,1H3;/q-2;+1. The Labute approximate surface area is 78.7 Å². The van der Waals surface area contributed by atoms with Crippen LogP contribution in [0.3, 0.4) is 0 Å². The second kappa shape index (κ2) is 9.31. The molecule has 0 aromatic heterocycles. The molecule has 0 aliphatic rings. The molecular formula is C4H9NaO3P-. The topological polar surface area (TPSA) is 55.3 Å². The van der Waals surface area contributed by atoms with Gasteiger partial charge in [0.25, 0.3) is 0 Å². The third-order valence-corrected chi connectivity index (χ3v) is 1.09. The van der Waals surface area contributed by atoms with Gasteiger partial charge in [-0.15, -0.1) is 0 Å². The minimum atomic E-state index is -2.61. The molecule has 0 aliphatic carbocycles. The molecule has 0 aromatic carbocycles. The molecule has 0 bridgehead atoms. The van der Waals surface area contributed by atoms with Crippen LogP contribution < -0.4 is 39.3 Å². The van der Waals surface area contributed by atoms with E-state index in [9.17, 15) is 9.79 Å². The van der Waals surface area contributed by atoms with E-state index in [0.29, 0.717) is 6.61 Å². The Morgan fingerprint density at radius 3 is 2.33 bits per heavy atom. The zero-order valence-electron chi connectivity index (χ0n) is 5.79. The number of hydrogen-bond acceptors (Lipinski definition) is 3. The number of unbranched alkanes of at least 4 members (excludes halogenated alkanes) is 1. The van der Waals surface area contributed by atoms with Crippen LogP contribution in [-0.2, 0) is 4.52 Å². The first-order valence-electron chi connectivity index (χ1n) is 2.54. The van der Waals surface area contributed by atoms with Crippen molar-refractivity contribution in [3.63, 3.8) is 0 Å². The molecule has 50 valence electrons. The van der Waals surface area contributed by atoms with Crippen LogP contribution in [0.5, 0.6) is 0 Å². The fourth-order valence-corrected chi connectivity index (χ4v) is 0.562. The van der Waals surface area contributed by atoms with Crippen LogP contribution in [0.1, 0.15) is 19.8 Å². The Kier molecular flexibility index (Phi) is 13.4. The molecule has 9 heavy (non-hydrogen) atoms. The SMILES string of the molecule is CCCCOP([O-])[O-].[Na+]. The molecule has 0 aliphatic heterocycles. The average molecular weight is 159 g/mol. The summed E-state index contributed by atoms with van der Waals surface area (Å²) >= 11 is 0. The Hall–Kier alpha value is 1.31. The number of hydrogen-bond donors (Lipinski definition) is 0. The molecule has 0 heterocycles. The van der Waals surface area contributed by atoms with Crippen LogP contribution in [0.15, 0.2) is 0 Å². The quantitative estimate of drug-likeness (QED) is 0.246. The summed E-state index contributed by atoms with van der Waals surface area (Å²) < 4.78 is 4.24. The largest absolute Gasteiger partial charge is 1.00 e. The Morgan fingerprint density at radius 2 is 2.00 bits per heavy atom. The van der Waals surface area contributed by atoms with E-state index in [1.54, 1.807) is 0 Å². The maximum absolute atomic E-state index is 9.69. The summed E-state index contributed by atoms with van der Waals surface area (Å²) in [4.78, 5) is 19.4. The fraction of sp³-hybridized carbons (Fsp3) is 1.00. The van der Waals surface area contributed by atoms with Crippen molar-refractivity contribution in [2.24, 2.45) is 0 Å². The summed E-state index contributed by atoms with van der Waals surface area (Å²) in [7, 11) is -2.61. The van der Waals surface area contributed by atoms with E-state index in [1.165, 1.54) is 0 Å². The third kappa shape index (κ3) is 12.5. The summed E-state index contributed by atoms with van der Waals surface area (Å²) in [5.74, 6) is 0. The Morgan fingerprint density at radius 1 is 1.44 bits per heavy atom. The first kappa shape index (κ1) is 12.9. The van der Waals surface area contributed by atoms with Crippen LogP contribution in [0.25, 0.3) is 0 Å². The van der Waals surface area contributed by atoms with Gasteiger partial charge in [-0.05, 0) is 6.42 Å². The minimum absolute atomic E-state index is 0. The summed E-state index contributed by atoms with van der Waals surface area (Å²) in [6.45, 7) is 2.30. The Bertz CT molecular complexity index is 53.1. The summed E-state index contributed by atoms with van der Waals surface area (Å²) in [5.41, 5.74) is 0. The van der Waals surface area contributed by atoms with E-state index >= 15 is 0 Å². The smallest absolute Gasteiger partial charge is 0.820 e. The van der Waals surface area contributed by atoms with Crippen molar-refractivity contribution in [1.29, 1.82) is 0 Å². The molecular weight excluding hydrogens is 150 g/mol. The second-order valence-electron chi connectivity index (χ2n) is 1.41. The molecule has 0 saturated carbocycles. The van der Waals surface area contributed by atoms with Gasteiger partial charge >= 0.3 is 29.6 Å². The molecule has 0 atom stereocenters. The van der Waals surface area contributed by atoms with Crippen molar-refractivity contribution in [3.8, 4) is 0 Å². The fourth-order valence-electron chi connectivity index (χ4n) is 0.283. The molecule has 5 heteroatoms. The van der Waals surface area contributed by atoms with Gasteiger partial charge in [-0.3, -0.25) is 0 Å². The van der Waals surface area contributed by atoms with Crippen molar-refractivity contribution < 1.29 is 43.9 Å². The molecule has 0 unspecified atom stereocenters. The van der Waals surface area contributed by atoms with Crippen LogP contribution >= 0.6 is 8.60 Å². The Balaban J connectivity index is 0. The predicted octanol–water partition coefficient (Wildman–Crippen LogP) is -3.25. The second-order valence-corrected chi connectivity index (χ2v) is 2.12. The van der Waals surface area contributed by atoms with Gasteiger partial charge in [0.15, 0.2) is 0 Å². The summed E-state index contributed by atoms with van der Waals surface area (Å²) in [5, 5.41) is 0. The maximum atomic E-state index is 9.69. The van der Waals surface area contributed by atoms with Crippen molar-refractivity contribution in [2.75, 3.05) is 6.61 Å². The van der Waals surface area contributed by atoms with E-state index in [1.807, 2.05) is 6.92 Å². The monoisotopic (exact) mass is 159 g/mol. The first-order valence-corrected chi connectivity index (χ1v) is 3.64. The summed E-state index contributed by atoms with van der Waals surface area (Å²) in [6, 6.07) is 0. The van der Waals surface area contributed by atoms with Gasteiger partial charge in [0.05, 0.1) is 0 Å². The molecule has 0 amide bonds. The molecule has 0 rings (SSSR count). The molecule has 0 fully saturated rings. The van der Waals surface area contributed by atoms with Gasteiger partial charge in [-0.2, -0.15) is 8.60 Å². The summed E-state index contributed by atoms with van der Waals surface area (Å²) in [6.07, 6.45) is 1.77. The minimum Gasteiger partial charge on any atom is -0.820 e. The van der Waals surface area contributed by atoms with Gasteiger partial charge in [0.1, 0.15) is 0 Å². The third-order valence-electron chi connectivity index (χ3n) is 0.695. The van der Waals surface area contributed by atoms with Crippen molar-refractivity contribution >= 4 is 8.60 Å². The van der Waals surface area contributed by atoms with Crippen molar-refractivity contribution in [3.05, 3.63) is 0 Å². The van der Waals surface area contributed by atoms with Gasteiger partial charge in [0.2, 0.25) is 0 Å². The molecule has 3 nitrogen and oxygen atoms in total. The van der Waals surface area contributed by atoms with Crippen molar-refractivity contribution in [2.45, 2.75) is 19.8 Å². The van der Waals surface area contributed by atoms with Gasteiger partial charge in [-0.1, -0.05) is 13.3 Å². The van der Waals surface area contributed by atoms with Crippen LogP contribution in [0, 0.1) is 0 Å². The van der Waals surface area contributed by atoms with E-state index in [0.717, 1.165) is 12.8 Å². The molecule has 0 saturated heterocycles. The number of rotatable bonds is 4. The predicted molar refractivity (Wildman–Crippen MR) is 27.8 cm³/mol. The van der Waals surface area contributed by atoms with E-state index < -0.39 is 8.60 Å². The van der Waals surface area contributed by atoms with Gasteiger partial charge in [-0.25, -0.2) is 0 Å². The average Bonchev–Trinajstić information content (AvgIpc) is 1.66. The van der Waals surface area contributed by atoms with Gasteiger partial charge < -0.3 is 14.3 Å². The van der Waals surface area contributed by atoms with Gasteiger partial charge in [0, 0.05) is 6.61 Å². The molecule has 0 aromatic rings. The maximum Gasteiger partial charge on any atom is 1.00 e. The van der Waals surface area contributed by atoms with E-state index in [-0.39, 0.29) is 29.6 Å². The van der Waals surface area contributed by atoms with Crippen LogP contribution in [0.2, 0.25) is 0 Å². The van der Waals surface area contributed by atoms with Crippen molar-refractivity contribution in [1.82, 2.24) is 0 Å². The van der Waals surface area contributed by atoms with E-state index in [2.05, 4.69) is 4.52 Å². The molecule has 0 spiro atoms. The zero-order valence-corrected chi connectivity index (χ0v) is 8.69. The first-order chi connectivity index (χ1) is 3.77. The molecule has 0 radical (unpaired) electrons. The molecule has 0 N–H and O–H groups in total. The van der Waals surface area contributed by atoms with E-state index in [4.69, 9.17) is 0 Å². The normalized spacial score (nSPS) is 9.33.